The third kappa shape index (κ3) is 8.89. The molecule has 0 amide bonds. The SMILES string of the molecule is CCCCNCC(C)SCC(C)CC. The monoisotopic (exact) mass is 217 g/mol. The first-order valence-electron chi connectivity index (χ1n) is 6.03. The molecule has 0 aromatic heterocycles. The Morgan fingerprint density at radius 3 is 2.50 bits per heavy atom. The van der Waals surface area contributed by atoms with Crippen molar-refractivity contribution in [1.29, 1.82) is 0 Å². The lowest BCUT2D eigenvalue weighted by molar-refractivity contribution is 0.624. The van der Waals surface area contributed by atoms with Gasteiger partial charge in [0.2, 0.25) is 0 Å². The van der Waals surface area contributed by atoms with Crippen molar-refractivity contribution in [2.75, 3.05) is 18.8 Å². The van der Waals surface area contributed by atoms with Crippen LogP contribution in [-0.4, -0.2) is 24.1 Å². The van der Waals surface area contributed by atoms with E-state index in [0.717, 1.165) is 11.2 Å². The van der Waals surface area contributed by atoms with Gasteiger partial charge in [-0.2, -0.15) is 11.8 Å². The van der Waals surface area contributed by atoms with Gasteiger partial charge in [-0.1, -0.05) is 40.5 Å². The van der Waals surface area contributed by atoms with Crippen LogP contribution >= 0.6 is 11.8 Å². The molecule has 0 fully saturated rings. The van der Waals surface area contributed by atoms with Crippen molar-refractivity contribution in [1.82, 2.24) is 5.32 Å². The summed E-state index contributed by atoms with van der Waals surface area (Å²) in [7, 11) is 0. The summed E-state index contributed by atoms with van der Waals surface area (Å²) in [5.41, 5.74) is 0. The third-order valence-corrected chi connectivity index (χ3v) is 4.00. The molecule has 1 nitrogen and oxygen atoms in total. The van der Waals surface area contributed by atoms with Crippen molar-refractivity contribution < 1.29 is 0 Å². The van der Waals surface area contributed by atoms with Gasteiger partial charge in [-0.3, -0.25) is 0 Å². The zero-order valence-corrected chi connectivity index (χ0v) is 11.1. The highest BCUT2D eigenvalue weighted by molar-refractivity contribution is 7.99. The molecule has 0 aromatic carbocycles. The second-order valence-corrected chi connectivity index (χ2v) is 5.69. The van der Waals surface area contributed by atoms with Crippen molar-refractivity contribution in [2.24, 2.45) is 5.92 Å². The summed E-state index contributed by atoms with van der Waals surface area (Å²) >= 11 is 2.10. The van der Waals surface area contributed by atoms with E-state index in [1.807, 2.05) is 0 Å². The van der Waals surface area contributed by atoms with E-state index in [2.05, 4.69) is 44.8 Å². The van der Waals surface area contributed by atoms with Gasteiger partial charge in [-0.25, -0.2) is 0 Å². The molecule has 0 bridgehead atoms. The highest BCUT2D eigenvalue weighted by atomic mass is 32.2. The third-order valence-electron chi connectivity index (χ3n) is 2.50. The maximum Gasteiger partial charge on any atom is 0.0144 e. The highest BCUT2D eigenvalue weighted by Gasteiger charge is 2.04. The van der Waals surface area contributed by atoms with Gasteiger partial charge in [0, 0.05) is 11.8 Å². The van der Waals surface area contributed by atoms with Crippen molar-refractivity contribution >= 4 is 11.8 Å². The Balaban J connectivity index is 3.23. The molecule has 0 aromatic rings. The molecule has 14 heavy (non-hydrogen) atoms. The zero-order valence-electron chi connectivity index (χ0n) is 10.3. The molecule has 0 aliphatic heterocycles. The van der Waals surface area contributed by atoms with Gasteiger partial charge in [0.15, 0.2) is 0 Å². The first-order valence-corrected chi connectivity index (χ1v) is 7.07. The molecule has 0 rings (SSSR count). The smallest absolute Gasteiger partial charge is 0.0144 e. The van der Waals surface area contributed by atoms with E-state index in [1.54, 1.807) is 0 Å². The highest BCUT2D eigenvalue weighted by Crippen LogP contribution is 2.15. The Morgan fingerprint density at radius 2 is 1.93 bits per heavy atom. The van der Waals surface area contributed by atoms with Gasteiger partial charge in [0.05, 0.1) is 0 Å². The summed E-state index contributed by atoms with van der Waals surface area (Å²) in [4.78, 5) is 0. The molecule has 86 valence electrons. The lowest BCUT2D eigenvalue weighted by Crippen LogP contribution is -2.24. The Hall–Kier alpha value is 0.310. The Bertz CT molecular complexity index is 117. The van der Waals surface area contributed by atoms with E-state index in [4.69, 9.17) is 0 Å². The first-order chi connectivity index (χ1) is 6.70. The van der Waals surface area contributed by atoms with Gasteiger partial charge < -0.3 is 5.32 Å². The molecule has 2 atom stereocenters. The molecular formula is C12H27NS. The largest absolute Gasteiger partial charge is 0.316 e. The molecule has 1 N–H and O–H groups in total. The minimum absolute atomic E-state index is 0.765. The maximum atomic E-state index is 3.51. The lowest BCUT2D eigenvalue weighted by Gasteiger charge is -2.14. The fourth-order valence-corrected chi connectivity index (χ4v) is 2.24. The molecule has 0 spiro atoms. The van der Waals surface area contributed by atoms with Crippen molar-refractivity contribution in [3.05, 3.63) is 0 Å². The van der Waals surface area contributed by atoms with Crippen LogP contribution in [-0.2, 0) is 0 Å². The van der Waals surface area contributed by atoms with Crippen LogP contribution in [0.25, 0.3) is 0 Å². The van der Waals surface area contributed by atoms with Gasteiger partial charge in [-0.05, 0) is 24.6 Å². The van der Waals surface area contributed by atoms with Crippen molar-refractivity contribution in [2.45, 2.75) is 52.2 Å². The molecule has 2 heteroatoms. The summed E-state index contributed by atoms with van der Waals surface area (Å²) in [6.45, 7) is 11.5. The van der Waals surface area contributed by atoms with E-state index < -0.39 is 0 Å². The minimum atomic E-state index is 0.765. The molecular weight excluding hydrogens is 190 g/mol. The number of thioether (sulfide) groups is 1. The number of unbranched alkanes of at least 4 members (excludes halogenated alkanes) is 1. The topological polar surface area (TPSA) is 12.0 Å². The molecule has 0 aliphatic rings. The predicted octanol–water partition coefficient (Wildman–Crippen LogP) is 3.54. The summed E-state index contributed by atoms with van der Waals surface area (Å²) in [5, 5.41) is 4.27. The van der Waals surface area contributed by atoms with Crippen molar-refractivity contribution in [3.8, 4) is 0 Å². The second-order valence-electron chi connectivity index (χ2n) is 4.22. The molecule has 0 radical (unpaired) electrons. The maximum absolute atomic E-state index is 3.51. The Kier molecular flexibility index (Phi) is 10.1. The predicted molar refractivity (Wildman–Crippen MR) is 69.2 cm³/mol. The minimum Gasteiger partial charge on any atom is -0.316 e. The average Bonchev–Trinajstić information content (AvgIpc) is 2.21. The molecule has 0 saturated heterocycles. The van der Waals surface area contributed by atoms with Gasteiger partial charge >= 0.3 is 0 Å². The lowest BCUT2D eigenvalue weighted by atomic mass is 10.2. The van der Waals surface area contributed by atoms with Crippen LogP contribution in [0.15, 0.2) is 0 Å². The standard InChI is InChI=1S/C12H27NS/c1-5-7-8-13-9-12(4)14-10-11(3)6-2/h11-13H,5-10H2,1-4H3. The number of rotatable bonds is 9. The Morgan fingerprint density at radius 1 is 1.21 bits per heavy atom. The number of nitrogens with one attached hydrogen (secondary N) is 1. The average molecular weight is 217 g/mol. The van der Waals surface area contributed by atoms with E-state index in [0.29, 0.717) is 0 Å². The van der Waals surface area contributed by atoms with Crippen LogP contribution in [0, 0.1) is 5.92 Å². The number of hydrogen-bond donors (Lipinski definition) is 1. The Labute approximate surface area is 94.4 Å². The molecule has 0 saturated carbocycles. The van der Waals surface area contributed by atoms with E-state index >= 15 is 0 Å². The van der Waals surface area contributed by atoms with E-state index in [9.17, 15) is 0 Å². The normalized spacial score (nSPS) is 15.4. The van der Waals surface area contributed by atoms with Crippen LogP contribution in [0.1, 0.15) is 47.0 Å². The van der Waals surface area contributed by atoms with E-state index in [1.165, 1.54) is 38.1 Å². The van der Waals surface area contributed by atoms with Crippen LogP contribution in [0.4, 0.5) is 0 Å². The van der Waals surface area contributed by atoms with E-state index in [-0.39, 0.29) is 0 Å². The quantitative estimate of drug-likeness (QED) is 0.593. The van der Waals surface area contributed by atoms with Crippen LogP contribution in [0.5, 0.6) is 0 Å². The summed E-state index contributed by atoms with van der Waals surface area (Å²) in [6, 6.07) is 0. The van der Waals surface area contributed by atoms with Gasteiger partial charge in [-0.15, -0.1) is 0 Å². The molecule has 0 aliphatic carbocycles. The zero-order chi connectivity index (χ0) is 10.8. The molecule has 2 unspecified atom stereocenters. The summed E-state index contributed by atoms with van der Waals surface area (Å²) < 4.78 is 0. The number of hydrogen-bond acceptors (Lipinski definition) is 2. The summed E-state index contributed by atoms with van der Waals surface area (Å²) in [5.74, 6) is 2.19. The second kappa shape index (κ2) is 9.85. The fraction of sp³-hybridized carbons (Fsp3) is 1.00. The summed E-state index contributed by atoms with van der Waals surface area (Å²) in [6.07, 6.45) is 3.91. The van der Waals surface area contributed by atoms with Gasteiger partial charge in [0.1, 0.15) is 0 Å². The van der Waals surface area contributed by atoms with Crippen LogP contribution in [0.2, 0.25) is 0 Å². The van der Waals surface area contributed by atoms with Crippen LogP contribution in [0.3, 0.4) is 0 Å². The van der Waals surface area contributed by atoms with Crippen LogP contribution < -0.4 is 5.32 Å². The molecule has 0 heterocycles. The van der Waals surface area contributed by atoms with Gasteiger partial charge in [0.25, 0.3) is 0 Å². The first kappa shape index (κ1) is 14.3. The van der Waals surface area contributed by atoms with Crippen molar-refractivity contribution in [3.63, 3.8) is 0 Å². The fourth-order valence-electron chi connectivity index (χ4n) is 1.11.